The van der Waals surface area contributed by atoms with E-state index in [9.17, 15) is 4.79 Å². The molecule has 0 aliphatic heterocycles. The summed E-state index contributed by atoms with van der Waals surface area (Å²) < 4.78 is 0. The Morgan fingerprint density at radius 1 is 0.944 bits per heavy atom. The van der Waals surface area contributed by atoms with Crippen LogP contribution in [0.1, 0.15) is 5.56 Å². The number of anilines is 2. The first-order valence-corrected chi connectivity index (χ1v) is 5.41. The molecule has 0 saturated carbocycles. The number of hydrogen-bond donors (Lipinski definition) is 2. The minimum Gasteiger partial charge on any atom is -0.472 e. The lowest BCUT2D eigenvalue weighted by atomic mass is 10.2. The van der Waals surface area contributed by atoms with E-state index in [1.165, 1.54) is 0 Å². The van der Waals surface area contributed by atoms with Gasteiger partial charge in [0, 0.05) is 22.9 Å². The molecule has 3 nitrogen and oxygen atoms in total. The molecular formula is C15H11NO2. The summed E-state index contributed by atoms with van der Waals surface area (Å²) in [6.45, 7) is 0. The molecular weight excluding hydrogens is 226 g/mol. The summed E-state index contributed by atoms with van der Waals surface area (Å²) in [6, 6.07) is 17.1. The number of carboxylic acid groups (broad SMARTS) is 1. The third-order valence-electron chi connectivity index (χ3n) is 2.26. The summed E-state index contributed by atoms with van der Waals surface area (Å²) in [4.78, 5) is 10.3. The summed E-state index contributed by atoms with van der Waals surface area (Å²) in [5.41, 5.74) is 2.61. The standard InChI is InChI=1S/C15H11NO2/c17-15(18)11-8-12-6-9-14(10-7-12)16-13-4-2-1-3-5-13/h1-7,9-10,16H,(H,17,18). The van der Waals surface area contributed by atoms with Crippen LogP contribution in [0.2, 0.25) is 0 Å². The monoisotopic (exact) mass is 237 g/mol. The lowest BCUT2D eigenvalue weighted by Gasteiger charge is -2.05. The van der Waals surface area contributed by atoms with Crippen molar-refractivity contribution in [3.05, 3.63) is 60.2 Å². The Labute approximate surface area is 105 Å². The van der Waals surface area contributed by atoms with E-state index in [-0.39, 0.29) is 0 Å². The van der Waals surface area contributed by atoms with E-state index in [1.807, 2.05) is 42.5 Å². The third kappa shape index (κ3) is 3.39. The molecule has 2 N–H and O–H groups in total. The number of rotatable bonds is 2. The van der Waals surface area contributed by atoms with Gasteiger partial charge in [-0.25, -0.2) is 4.79 Å². The first kappa shape index (κ1) is 11.7. The molecule has 0 atom stereocenters. The average molecular weight is 237 g/mol. The normalized spacial score (nSPS) is 9.11. The molecule has 0 radical (unpaired) electrons. The van der Waals surface area contributed by atoms with Gasteiger partial charge in [0.1, 0.15) is 0 Å². The molecule has 18 heavy (non-hydrogen) atoms. The van der Waals surface area contributed by atoms with Crippen molar-refractivity contribution in [3.63, 3.8) is 0 Å². The highest BCUT2D eigenvalue weighted by molar-refractivity contribution is 5.87. The number of carboxylic acids is 1. The van der Waals surface area contributed by atoms with Crippen LogP contribution >= 0.6 is 0 Å². The van der Waals surface area contributed by atoms with Crippen molar-refractivity contribution in [1.82, 2.24) is 0 Å². The molecule has 88 valence electrons. The molecule has 2 aromatic carbocycles. The Hall–Kier alpha value is -2.73. The highest BCUT2D eigenvalue weighted by atomic mass is 16.4. The molecule has 0 spiro atoms. The quantitative estimate of drug-likeness (QED) is 0.789. The Balaban J connectivity index is 2.09. The van der Waals surface area contributed by atoms with Crippen molar-refractivity contribution in [1.29, 1.82) is 0 Å². The fourth-order valence-corrected chi connectivity index (χ4v) is 1.45. The van der Waals surface area contributed by atoms with Gasteiger partial charge in [0.15, 0.2) is 0 Å². The maximum absolute atomic E-state index is 10.3. The number of para-hydroxylation sites is 1. The van der Waals surface area contributed by atoms with E-state index in [2.05, 4.69) is 17.2 Å². The van der Waals surface area contributed by atoms with Gasteiger partial charge in [0.05, 0.1) is 0 Å². The number of hydrogen-bond acceptors (Lipinski definition) is 2. The Kier molecular flexibility index (Phi) is 3.62. The number of carbonyl (C=O) groups is 1. The van der Waals surface area contributed by atoms with Gasteiger partial charge in [-0.15, -0.1) is 0 Å². The van der Waals surface area contributed by atoms with Crippen LogP contribution in [0.3, 0.4) is 0 Å². The summed E-state index contributed by atoms with van der Waals surface area (Å²) in [6.07, 6.45) is 0. The largest absolute Gasteiger partial charge is 0.472 e. The van der Waals surface area contributed by atoms with Gasteiger partial charge in [-0.3, -0.25) is 0 Å². The molecule has 0 fully saturated rings. The van der Waals surface area contributed by atoms with Gasteiger partial charge >= 0.3 is 5.97 Å². The highest BCUT2D eigenvalue weighted by Crippen LogP contribution is 2.16. The fourth-order valence-electron chi connectivity index (χ4n) is 1.45. The van der Waals surface area contributed by atoms with Crippen molar-refractivity contribution in [3.8, 4) is 11.8 Å². The van der Waals surface area contributed by atoms with Crippen LogP contribution in [0.4, 0.5) is 11.4 Å². The van der Waals surface area contributed by atoms with E-state index in [0.717, 1.165) is 11.4 Å². The maximum Gasteiger partial charge on any atom is 0.382 e. The minimum atomic E-state index is -1.12. The Morgan fingerprint density at radius 3 is 2.17 bits per heavy atom. The smallest absolute Gasteiger partial charge is 0.382 e. The maximum atomic E-state index is 10.3. The molecule has 0 bridgehead atoms. The van der Waals surface area contributed by atoms with Crippen molar-refractivity contribution >= 4 is 17.3 Å². The van der Waals surface area contributed by atoms with Gasteiger partial charge in [-0.05, 0) is 36.4 Å². The van der Waals surface area contributed by atoms with E-state index >= 15 is 0 Å². The molecule has 0 aliphatic rings. The predicted octanol–water partition coefficient (Wildman–Crippen LogP) is 2.87. The minimum absolute atomic E-state index is 0.677. The Morgan fingerprint density at radius 2 is 1.56 bits per heavy atom. The zero-order valence-corrected chi connectivity index (χ0v) is 9.55. The van der Waals surface area contributed by atoms with Crippen LogP contribution in [0.5, 0.6) is 0 Å². The molecule has 3 heteroatoms. The molecule has 0 heterocycles. The van der Waals surface area contributed by atoms with E-state index in [4.69, 9.17) is 5.11 Å². The molecule has 0 unspecified atom stereocenters. The lowest BCUT2D eigenvalue weighted by Crippen LogP contribution is -1.90. The molecule has 2 rings (SSSR count). The van der Waals surface area contributed by atoms with Crippen LogP contribution in [0.15, 0.2) is 54.6 Å². The van der Waals surface area contributed by atoms with Gasteiger partial charge in [0.2, 0.25) is 0 Å². The van der Waals surface area contributed by atoms with E-state index < -0.39 is 5.97 Å². The molecule has 2 aromatic rings. The van der Waals surface area contributed by atoms with Crippen molar-refractivity contribution in [2.75, 3.05) is 5.32 Å². The van der Waals surface area contributed by atoms with E-state index in [1.54, 1.807) is 12.1 Å². The first-order valence-electron chi connectivity index (χ1n) is 5.41. The van der Waals surface area contributed by atoms with Gasteiger partial charge < -0.3 is 10.4 Å². The number of benzene rings is 2. The second-order valence-electron chi connectivity index (χ2n) is 3.62. The second kappa shape index (κ2) is 5.55. The topological polar surface area (TPSA) is 49.3 Å². The summed E-state index contributed by atoms with van der Waals surface area (Å²) in [5.74, 6) is 3.51. The highest BCUT2D eigenvalue weighted by Gasteiger charge is 1.94. The van der Waals surface area contributed by atoms with Crippen LogP contribution < -0.4 is 5.32 Å². The van der Waals surface area contributed by atoms with Crippen LogP contribution in [0.25, 0.3) is 0 Å². The molecule has 0 aliphatic carbocycles. The summed E-state index contributed by atoms with van der Waals surface area (Å²) in [7, 11) is 0. The number of aliphatic carboxylic acids is 1. The molecule has 0 amide bonds. The van der Waals surface area contributed by atoms with Crippen LogP contribution in [0, 0.1) is 11.8 Å². The fraction of sp³-hybridized carbons (Fsp3) is 0. The zero-order chi connectivity index (χ0) is 12.8. The SMILES string of the molecule is O=C(O)C#Cc1ccc(Nc2ccccc2)cc1. The van der Waals surface area contributed by atoms with Crippen LogP contribution in [-0.2, 0) is 4.79 Å². The molecule has 0 aromatic heterocycles. The summed E-state index contributed by atoms with van der Waals surface area (Å²) >= 11 is 0. The van der Waals surface area contributed by atoms with Gasteiger partial charge in [-0.2, -0.15) is 0 Å². The Bertz CT molecular complexity index is 592. The lowest BCUT2D eigenvalue weighted by molar-refractivity contribution is -0.130. The van der Waals surface area contributed by atoms with Crippen molar-refractivity contribution < 1.29 is 9.90 Å². The van der Waals surface area contributed by atoms with E-state index in [0.29, 0.717) is 5.56 Å². The van der Waals surface area contributed by atoms with Crippen molar-refractivity contribution in [2.24, 2.45) is 0 Å². The zero-order valence-electron chi connectivity index (χ0n) is 9.55. The van der Waals surface area contributed by atoms with Gasteiger partial charge in [0.25, 0.3) is 0 Å². The van der Waals surface area contributed by atoms with Crippen LogP contribution in [-0.4, -0.2) is 11.1 Å². The predicted molar refractivity (Wildman–Crippen MR) is 70.7 cm³/mol. The first-order chi connectivity index (χ1) is 8.74. The third-order valence-corrected chi connectivity index (χ3v) is 2.26. The number of nitrogens with one attached hydrogen (secondary N) is 1. The van der Waals surface area contributed by atoms with Gasteiger partial charge in [-0.1, -0.05) is 24.1 Å². The average Bonchev–Trinajstić information content (AvgIpc) is 2.39. The summed E-state index contributed by atoms with van der Waals surface area (Å²) in [5, 5.41) is 11.7. The molecule has 0 saturated heterocycles. The van der Waals surface area contributed by atoms with Crippen molar-refractivity contribution in [2.45, 2.75) is 0 Å². The second-order valence-corrected chi connectivity index (χ2v) is 3.62.